The third-order valence-corrected chi connectivity index (χ3v) is 8.22. The highest BCUT2D eigenvalue weighted by molar-refractivity contribution is 9.10. The maximum Gasteiger partial charge on any atom is 0.236 e. The number of halogens is 3. The van der Waals surface area contributed by atoms with Gasteiger partial charge in [0.2, 0.25) is 26.6 Å². The van der Waals surface area contributed by atoms with Crippen LogP contribution >= 0.6 is 27.5 Å². The summed E-state index contributed by atoms with van der Waals surface area (Å²) in [6.45, 7) is 2.33. The lowest BCUT2D eigenvalue weighted by Crippen LogP contribution is -2.46. The first-order chi connectivity index (χ1) is 16.8. The van der Waals surface area contributed by atoms with Crippen LogP contribution in [0.2, 0.25) is 5.02 Å². The average molecular weight is 577 g/mol. The van der Waals surface area contributed by atoms with E-state index >= 15 is 0 Å². The lowest BCUT2D eigenvalue weighted by atomic mass is 10.2. The van der Waals surface area contributed by atoms with Gasteiger partial charge in [-0.25, -0.2) is 12.8 Å². The third kappa shape index (κ3) is 4.94. The molecule has 180 valence electrons. The highest BCUT2D eigenvalue weighted by atomic mass is 79.9. The fourth-order valence-corrected chi connectivity index (χ4v) is 5.73. The second-order valence-electron chi connectivity index (χ2n) is 8.05. The fourth-order valence-electron chi connectivity index (χ4n) is 3.95. The topological polar surface area (TPSA) is 66.7 Å². The van der Waals surface area contributed by atoms with Crippen molar-refractivity contribution in [3.63, 3.8) is 0 Å². The van der Waals surface area contributed by atoms with Crippen molar-refractivity contribution >= 4 is 48.9 Å². The lowest BCUT2D eigenvalue weighted by molar-refractivity contribution is 0.525. The van der Waals surface area contributed by atoms with Crippen LogP contribution in [0.3, 0.4) is 0 Å². The fraction of sp³-hybridized carbons (Fsp3) is 0.160. The van der Waals surface area contributed by atoms with Crippen LogP contribution in [-0.4, -0.2) is 39.6 Å². The molecule has 0 amide bonds. The van der Waals surface area contributed by atoms with Gasteiger partial charge in [-0.2, -0.15) is 4.98 Å². The van der Waals surface area contributed by atoms with Crippen molar-refractivity contribution in [3.05, 3.63) is 88.1 Å². The van der Waals surface area contributed by atoms with Gasteiger partial charge in [0.05, 0.1) is 4.90 Å². The SMILES string of the molecule is O=S(=O)(c1ccc(Br)cc1)c1nc(-c2ccc(F)cc2)oc1N1CCN(c2cccc(Cl)c2)CC1. The number of benzene rings is 3. The quantitative estimate of drug-likeness (QED) is 0.288. The molecule has 1 aliphatic heterocycles. The molecule has 1 saturated heterocycles. The summed E-state index contributed by atoms with van der Waals surface area (Å²) in [5.74, 6) is -0.105. The molecule has 1 aromatic heterocycles. The molecular formula is C25H20BrClFN3O3S. The summed E-state index contributed by atoms with van der Waals surface area (Å²) in [5, 5.41) is 0.502. The number of hydrogen-bond donors (Lipinski definition) is 0. The largest absolute Gasteiger partial charge is 0.419 e. The number of anilines is 2. The lowest BCUT2D eigenvalue weighted by Gasteiger charge is -2.36. The summed E-state index contributed by atoms with van der Waals surface area (Å²) in [4.78, 5) is 8.56. The second kappa shape index (κ2) is 9.64. The van der Waals surface area contributed by atoms with E-state index in [2.05, 4.69) is 25.8 Å². The van der Waals surface area contributed by atoms with Gasteiger partial charge >= 0.3 is 0 Å². The zero-order chi connectivity index (χ0) is 24.6. The summed E-state index contributed by atoms with van der Waals surface area (Å²) in [6, 6.07) is 19.6. The molecule has 0 bridgehead atoms. The van der Waals surface area contributed by atoms with Crippen molar-refractivity contribution in [1.82, 2.24) is 4.98 Å². The molecule has 0 radical (unpaired) electrons. The maximum atomic E-state index is 13.6. The zero-order valence-electron chi connectivity index (χ0n) is 18.4. The highest BCUT2D eigenvalue weighted by Crippen LogP contribution is 2.36. The summed E-state index contributed by atoms with van der Waals surface area (Å²) in [6.07, 6.45) is 0. The number of aromatic nitrogens is 1. The molecule has 10 heteroatoms. The van der Waals surface area contributed by atoms with Gasteiger partial charge in [-0.15, -0.1) is 0 Å². The van der Waals surface area contributed by atoms with Gasteiger partial charge in [-0.1, -0.05) is 33.6 Å². The first-order valence-corrected chi connectivity index (χ1v) is 13.5. The van der Waals surface area contributed by atoms with Crippen LogP contribution in [0.1, 0.15) is 0 Å². The summed E-state index contributed by atoms with van der Waals surface area (Å²) < 4.78 is 47.4. The standard InChI is InChI=1S/C25H20BrClFN3O3S/c26-18-6-10-22(11-7-18)35(32,33)24-25(34-23(29-24)17-4-8-20(28)9-5-17)31-14-12-30(13-15-31)21-3-1-2-19(27)16-21/h1-11,16H,12-15H2. The van der Waals surface area contributed by atoms with Gasteiger partial charge in [0.15, 0.2) is 0 Å². The molecule has 0 unspecified atom stereocenters. The van der Waals surface area contributed by atoms with Crippen molar-refractivity contribution in [1.29, 1.82) is 0 Å². The number of piperazine rings is 1. The Balaban J connectivity index is 1.51. The van der Waals surface area contributed by atoms with Gasteiger partial charge in [-0.05, 0) is 66.7 Å². The molecule has 0 spiro atoms. The minimum atomic E-state index is -3.97. The number of sulfone groups is 1. The van der Waals surface area contributed by atoms with Crippen LogP contribution in [-0.2, 0) is 9.84 Å². The zero-order valence-corrected chi connectivity index (χ0v) is 21.5. The molecule has 0 saturated carbocycles. The molecule has 5 rings (SSSR count). The van der Waals surface area contributed by atoms with Crippen molar-refractivity contribution < 1.29 is 17.2 Å². The number of nitrogens with zero attached hydrogens (tertiary/aromatic N) is 3. The van der Waals surface area contributed by atoms with Gasteiger partial charge in [0.1, 0.15) is 5.82 Å². The first kappa shape index (κ1) is 23.8. The van der Waals surface area contributed by atoms with E-state index in [0.717, 1.165) is 10.2 Å². The Morgan fingerprint density at radius 1 is 0.914 bits per heavy atom. The van der Waals surface area contributed by atoms with Crippen LogP contribution < -0.4 is 9.80 Å². The molecule has 1 fully saturated rings. The van der Waals surface area contributed by atoms with Gasteiger partial charge in [0, 0.05) is 46.9 Å². The number of hydrogen-bond acceptors (Lipinski definition) is 6. The van der Waals surface area contributed by atoms with E-state index in [1.54, 1.807) is 12.1 Å². The summed E-state index contributed by atoms with van der Waals surface area (Å²) in [5.41, 5.74) is 1.49. The average Bonchev–Trinajstić information content (AvgIpc) is 3.31. The Kier molecular flexibility index (Phi) is 6.57. The second-order valence-corrected chi connectivity index (χ2v) is 11.3. The van der Waals surface area contributed by atoms with Crippen LogP contribution in [0.15, 0.2) is 91.6 Å². The van der Waals surface area contributed by atoms with E-state index in [4.69, 9.17) is 16.0 Å². The Morgan fingerprint density at radius 3 is 2.23 bits per heavy atom. The molecular weight excluding hydrogens is 557 g/mol. The molecule has 2 heterocycles. The minimum absolute atomic E-state index is 0.110. The predicted octanol–water partition coefficient (Wildman–Crippen LogP) is 6.06. The van der Waals surface area contributed by atoms with Crippen molar-refractivity contribution in [3.8, 4) is 11.5 Å². The molecule has 0 aliphatic carbocycles. The van der Waals surface area contributed by atoms with E-state index < -0.39 is 15.7 Å². The van der Waals surface area contributed by atoms with Gasteiger partial charge in [0.25, 0.3) is 0 Å². The predicted molar refractivity (Wildman–Crippen MR) is 137 cm³/mol. The summed E-state index contributed by atoms with van der Waals surface area (Å²) in [7, 11) is -3.97. The molecule has 4 aromatic rings. The molecule has 0 atom stereocenters. The van der Waals surface area contributed by atoms with E-state index in [-0.39, 0.29) is 21.7 Å². The van der Waals surface area contributed by atoms with Crippen LogP contribution in [0.4, 0.5) is 16.0 Å². The van der Waals surface area contributed by atoms with Crippen molar-refractivity contribution in [2.45, 2.75) is 9.92 Å². The Morgan fingerprint density at radius 2 is 1.57 bits per heavy atom. The molecule has 3 aromatic carbocycles. The normalized spacial score (nSPS) is 14.4. The summed E-state index contributed by atoms with van der Waals surface area (Å²) >= 11 is 9.48. The van der Waals surface area contributed by atoms with Crippen LogP contribution in [0, 0.1) is 5.82 Å². The van der Waals surface area contributed by atoms with Gasteiger partial charge < -0.3 is 14.2 Å². The highest BCUT2D eigenvalue weighted by Gasteiger charge is 2.33. The van der Waals surface area contributed by atoms with Gasteiger partial charge in [-0.3, -0.25) is 0 Å². The molecule has 1 aliphatic rings. The molecule has 6 nitrogen and oxygen atoms in total. The van der Waals surface area contributed by atoms with E-state index in [9.17, 15) is 12.8 Å². The Labute approximate surface area is 216 Å². The smallest absolute Gasteiger partial charge is 0.236 e. The minimum Gasteiger partial charge on any atom is -0.419 e. The molecule has 35 heavy (non-hydrogen) atoms. The number of oxazole rings is 1. The van der Waals surface area contributed by atoms with E-state index in [1.807, 2.05) is 29.2 Å². The van der Waals surface area contributed by atoms with Crippen LogP contribution in [0.5, 0.6) is 0 Å². The van der Waals surface area contributed by atoms with Crippen LogP contribution in [0.25, 0.3) is 11.5 Å². The maximum absolute atomic E-state index is 13.6. The van der Waals surface area contributed by atoms with Crippen molar-refractivity contribution in [2.24, 2.45) is 0 Å². The number of rotatable bonds is 5. The van der Waals surface area contributed by atoms with E-state index in [0.29, 0.717) is 36.8 Å². The Bertz CT molecular complexity index is 1450. The first-order valence-electron chi connectivity index (χ1n) is 10.8. The van der Waals surface area contributed by atoms with E-state index in [1.165, 1.54) is 36.4 Å². The van der Waals surface area contributed by atoms with Crippen molar-refractivity contribution in [2.75, 3.05) is 36.0 Å². The molecule has 0 N–H and O–H groups in total. The Hall–Kier alpha value is -2.88. The monoisotopic (exact) mass is 575 g/mol. The third-order valence-electron chi connectivity index (χ3n) is 5.79.